The topological polar surface area (TPSA) is 69.3 Å². The zero-order chi connectivity index (χ0) is 18.4. The number of nitrogens with zero attached hydrogens (tertiary/aromatic N) is 2. The number of carbonyl (C=O) groups excluding carboxylic acids is 1. The fourth-order valence-corrected chi connectivity index (χ4v) is 3.60. The molecule has 134 valence electrons. The van der Waals surface area contributed by atoms with Crippen molar-refractivity contribution in [1.29, 1.82) is 0 Å². The molecule has 1 aliphatic heterocycles. The number of furan rings is 1. The number of aromatic nitrogens is 2. The van der Waals surface area contributed by atoms with Gasteiger partial charge in [-0.3, -0.25) is 4.57 Å². The average Bonchev–Trinajstić information content (AvgIpc) is 3.19. The zero-order valence-electron chi connectivity index (χ0n) is 14.6. The minimum atomic E-state index is -0.446. The summed E-state index contributed by atoms with van der Waals surface area (Å²) in [5.41, 5.74) is 2.95. The van der Waals surface area contributed by atoms with Crippen LogP contribution in [0.15, 0.2) is 56.8 Å². The van der Waals surface area contributed by atoms with Crippen molar-refractivity contribution in [3.05, 3.63) is 58.1 Å². The molecule has 7 heteroatoms. The Labute approximate surface area is 159 Å². The molecule has 0 aliphatic carbocycles. The van der Waals surface area contributed by atoms with Gasteiger partial charge in [0.15, 0.2) is 0 Å². The Kier molecular flexibility index (Phi) is 4.11. The summed E-state index contributed by atoms with van der Waals surface area (Å²) >= 11 is 3.48. The smallest absolute Gasteiger partial charge is 0.338 e. The number of esters is 1. The molecule has 1 atom stereocenters. The van der Waals surface area contributed by atoms with E-state index in [4.69, 9.17) is 9.15 Å². The van der Waals surface area contributed by atoms with Crippen molar-refractivity contribution in [2.75, 3.05) is 5.32 Å². The number of nitrogens with one attached hydrogen (secondary N) is 1. The first-order valence-electron chi connectivity index (χ1n) is 8.35. The highest BCUT2D eigenvalue weighted by molar-refractivity contribution is 9.10. The molecule has 0 spiro atoms. The lowest BCUT2D eigenvalue weighted by Gasteiger charge is -2.29. The quantitative estimate of drug-likeness (QED) is 0.631. The van der Waals surface area contributed by atoms with Crippen LogP contribution in [0.1, 0.15) is 32.6 Å². The van der Waals surface area contributed by atoms with Crippen molar-refractivity contribution in [2.24, 2.45) is 0 Å². The molecule has 0 bridgehead atoms. The molecule has 1 N–H and O–H groups in total. The van der Waals surface area contributed by atoms with Gasteiger partial charge in [0, 0.05) is 10.2 Å². The van der Waals surface area contributed by atoms with Crippen LogP contribution >= 0.6 is 15.9 Å². The Morgan fingerprint density at radius 2 is 2.19 bits per heavy atom. The van der Waals surface area contributed by atoms with Crippen molar-refractivity contribution in [1.82, 2.24) is 9.55 Å². The third-order valence-electron chi connectivity index (χ3n) is 4.26. The van der Waals surface area contributed by atoms with Crippen LogP contribution < -0.4 is 5.32 Å². The van der Waals surface area contributed by atoms with E-state index in [2.05, 4.69) is 26.2 Å². The predicted octanol–water partition coefficient (Wildman–Crippen LogP) is 4.63. The van der Waals surface area contributed by atoms with Crippen molar-refractivity contribution in [2.45, 2.75) is 32.9 Å². The minimum absolute atomic E-state index is 0.211. The number of hydrogen-bond donors (Lipinski definition) is 1. The van der Waals surface area contributed by atoms with Gasteiger partial charge in [0.05, 0.1) is 29.0 Å². The maximum absolute atomic E-state index is 12.8. The van der Waals surface area contributed by atoms with Gasteiger partial charge in [0.25, 0.3) is 0 Å². The lowest BCUT2D eigenvalue weighted by molar-refractivity contribution is -0.143. The number of anilines is 1. The Balaban J connectivity index is 1.94. The molecular formula is C19H18BrN3O3. The highest BCUT2D eigenvalue weighted by atomic mass is 79.9. The number of allylic oxidation sites excluding steroid dienone is 1. The predicted molar refractivity (Wildman–Crippen MR) is 102 cm³/mol. The number of halogens is 1. The third-order valence-corrected chi connectivity index (χ3v) is 4.76. The zero-order valence-corrected chi connectivity index (χ0v) is 16.2. The van der Waals surface area contributed by atoms with E-state index in [9.17, 15) is 4.79 Å². The molecule has 6 nitrogen and oxygen atoms in total. The van der Waals surface area contributed by atoms with Gasteiger partial charge in [-0.1, -0.05) is 15.9 Å². The number of benzene rings is 1. The van der Waals surface area contributed by atoms with E-state index in [1.54, 1.807) is 6.26 Å². The van der Waals surface area contributed by atoms with Gasteiger partial charge in [-0.15, -0.1) is 0 Å². The van der Waals surface area contributed by atoms with Gasteiger partial charge in [-0.05, 0) is 51.1 Å². The van der Waals surface area contributed by atoms with E-state index in [1.807, 2.05) is 55.7 Å². The third kappa shape index (κ3) is 2.72. The van der Waals surface area contributed by atoms with Gasteiger partial charge in [-0.25, -0.2) is 9.78 Å². The van der Waals surface area contributed by atoms with Crippen LogP contribution in [-0.2, 0) is 9.53 Å². The second kappa shape index (κ2) is 6.32. The maximum atomic E-state index is 12.8. The minimum Gasteiger partial charge on any atom is -0.467 e. The summed E-state index contributed by atoms with van der Waals surface area (Å²) in [5, 5.41) is 3.24. The van der Waals surface area contributed by atoms with Crippen LogP contribution in [0.4, 0.5) is 5.95 Å². The highest BCUT2D eigenvalue weighted by Crippen LogP contribution is 2.40. The molecule has 0 saturated heterocycles. The van der Waals surface area contributed by atoms with Gasteiger partial charge >= 0.3 is 5.97 Å². The Morgan fingerprint density at radius 3 is 2.88 bits per heavy atom. The van der Waals surface area contributed by atoms with E-state index in [0.29, 0.717) is 23.0 Å². The van der Waals surface area contributed by atoms with Gasteiger partial charge < -0.3 is 14.5 Å². The standard InChI is InChI=1S/C19H18BrN3O3/c1-10(2)26-18(24)16-11(3)21-19-22-13-9-12(20)6-7-14(13)23(19)17(16)15-5-4-8-25-15/h4-10,17H,1-3H3,(H,21,22). The Bertz CT molecular complexity index is 1020. The van der Waals surface area contributed by atoms with E-state index in [-0.39, 0.29) is 12.1 Å². The fourth-order valence-electron chi connectivity index (χ4n) is 3.25. The van der Waals surface area contributed by atoms with Crippen LogP contribution in [0.5, 0.6) is 0 Å². The lowest BCUT2D eigenvalue weighted by Crippen LogP contribution is -2.29. The molecule has 1 aromatic carbocycles. The van der Waals surface area contributed by atoms with Gasteiger partial charge in [0.2, 0.25) is 5.95 Å². The van der Waals surface area contributed by atoms with Crippen molar-refractivity contribution in [3.8, 4) is 0 Å². The van der Waals surface area contributed by atoms with E-state index in [0.717, 1.165) is 15.5 Å². The SMILES string of the molecule is CC1=C(C(=O)OC(C)C)C(c2ccco2)n2c(nc3cc(Br)ccc32)N1. The highest BCUT2D eigenvalue weighted by Gasteiger charge is 2.36. The molecule has 0 amide bonds. The number of rotatable bonds is 3. The number of fused-ring (bicyclic) bond motifs is 3. The van der Waals surface area contributed by atoms with Crippen LogP contribution in [0.3, 0.4) is 0 Å². The number of carbonyl (C=O) groups is 1. The van der Waals surface area contributed by atoms with Crippen LogP contribution in [0.2, 0.25) is 0 Å². The summed E-state index contributed by atoms with van der Waals surface area (Å²) in [6.45, 7) is 5.52. The molecule has 1 aliphatic rings. The molecule has 26 heavy (non-hydrogen) atoms. The average molecular weight is 416 g/mol. The lowest BCUT2D eigenvalue weighted by atomic mass is 10.00. The van der Waals surface area contributed by atoms with Crippen LogP contribution in [-0.4, -0.2) is 21.6 Å². The summed E-state index contributed by atoms with van der Waals surface area (Å²) < 4.78 is 14.1. The van der Waals surface area contributed by atoms with E-state index in [1.165, 1.54) is 0 Å². The first kappa shape index (κ1) is 16.9. The van der Waals surface area contributed by atoms with E-state index < -0.39 is 6.04 Å². The molecular weight excluding hydrogens is 398 g/mol. The largest absolute Gasteiger partial charge is 0.467 e. The van der Waals surface area contributed by atoms with Crippen LogP contribution in [0.25, 0.3) is 11.0 Å². The van der Waals surface area contributed by atoms with E-state index >= 15 is 0 Å². The summed E-state index contributed by atoms with van der Waals surface area (Å²) in [4.78, 5) is 17.5. The van der Waals surface area contributed by atoms with Crippen molar-refractivity contribution in [3.63, 3.8) is 0 Å². The Morgan fingerprint density at radius 1 is 1.38 bits per heavy atom. The van der Waals surface area contributed by atoms with Gasteiger partial charge in [0.1, 0.15) is 11.8 Å². The molecule has 2 aromatic heterocycles. The molecule has 3 aromatic rings. The molecule has 0 fully saturated rings. The molecule has 4 rings (SSSR count). The van der Waals surface area contributed by atoms with Crippen molar-refractivity contribution < 1.29 is 13.9 Å². The Hall–Kier alpha value is -2.54. The first-order chi connectivity index (χ1) is 12.5. The molecule has 1 unspecified atom stereocenters. The maximum Gasteiger partial charge on any atom is 0.338 e. The number of imidazole rings is 1. The summed E-state index contributed by atoms with van der Waals surface area (Å²) in [6.07, 6.45) is 1.39. The van der Waals surface area contributed by atoms with Crippen LogP contribution in [0, 0.1) is 0 Å². The van der Waals surface area contributed by atoms with Crippen molar-refractivity contribution >= 4 is 38.9 Å². The number of ether oxygens (including phenoxy) is 1. The summed E-state index contributed by atoms with van der Waals surface area (Å²) in [7, 11) is 0. The molecule has 0 saturated carbocycles. The monoisotopic (exact) mass is 415 g/mol. The summed E-state index contributed by atoms with van der Waals surface area (Å²) in [5.74, 6) is 0.958. The molecule has 3 heterocycles. The normalized spacial score (nSPS) is 16.7. The van der Waals surface area contributed by atoms with Gasteiger partial charge in [-0.2, -0.15) is 0 Å². The first-order valence-corrected chi connectivity index (χ1v) is 9.14. The summed E-state index contributed by atoms with van der Waals surface area (Å²) in [6, 6.07) is 9.10. The second-order valence-electron chi connectivity index (χ2n) is 6.47. The second-order valence-corrected chi connectivity index (χ2v) is 7.39. The molecule has 0 radical (unpaired) electrons. The number of hydrogen-bond acceptors (Lipinski definition) is 5. The fraction of sp³-hybridized carbons (Fsp3) is 0.263.